The Morgan fingerprint density at radius 3 is 2.61 bits per heavy atom. The van der Waals surface area contributed by atoms with Gasteiger partial charge in [0.1, 0.15) is 0 Å². The molecular formula is C14H23NO2S. The highest BCUT2D eigenvalue weighted by Crippen LogP contribution is 2.26. The van der Waals surface area contributed by atoms with Crippen LogP contribution in [0.3, 0.4) is 0 Å². The van der Waals surface area contributed by atoms with Crippen molar-refractivity contribution in [2.24, 2.45) is 0 Å². The molecule has 18 heavy (non-hydrogen) atoms. The van der Waals surface area contributed by atoms with E-state index in [0.29, 0.717) is 13.1 Å². The maximum absolute atomic E-state index is 10.5. The van der Waals surface area contributed by atoms with Crippen LogP contribution in [0.1, 0.15) is 50.2 Å². The summed E-state index contributed by atoms with van der Waals surface area (Å²) in [4.78, 5) is 0. The fourth-order valence-corrected chi connectivity index (χ4v) is 3.29. The van der Waals surface area contributed by atoms with E-state index in [1.807, 2.05) is 16.8 Å². The first kappa shape index (κ1) is 14.0. The van der Waals surface area contributed by atoms with Crippen molar-refractivity contribution in [1.29, 1.82) is 0 Å². The molecule has 0 saturated heterocycles. The average molecular weight is 269 g/mol. The second-order valence-electron chi connectivity index (χ2n) is 5.34. The summed E-state index contributed by atoms with van der Waals surface area (Å²) < 4.78 is 0. The molecule has 1 heterocycles. The quantitative estimate of drug-likeness (QED) is 0.720. The lowest BCUT2D eigenvalue weighted by Gasteiger charge is -2.27. The smallest absolute Gasteiger partial charge is 0.0922 e. The normalized spacial score (nSPS) is 21.4. The number of hydrogen-bond acceptors (Lipinski definition) is 4. The van der Waals surface area contributed by atoms with Gasteiger partial charge in [0.15, 0.2) is 0 Å². The highest BCUT2D eigenvalue weighted by molar-refractivity contribution is 7.07. The molecule has 0 aromatic carbocycles. The third kappa shape index (κ3) is 4.05. The average Bonchev–Trinajstić information content (AvgIpc) is 2.80. The number of hydrogen-bond donors (Lipinski definition) is 3. The van der Waals surface area contributed by atoms with Crippen LogP contribution < -0.4 is 5.32 Å². The van der Waals surface area contributed by atoms with E-state index >= 15 is 0 Å². The Bertz CT molecular complexity index is 332. The summed E-state index contributed by atoms with van der Waals surface area (Å²) in [6.07, 6.45) is 6.00. The highest BCUT2D eigenvalue weighted by atomic mass is 32.1. The van der Waals surface area contributed by atoms with E-state index in [-0.39, 0.29) is 0 Å². The van der Waals surface area contributed by atoms with Crippen molar-refractivity contribution in [2.45, 2.75) is 50.2 Å². The zero-order valence-corrected chi connectivity index (χ0v) is 11.6. The Balaban J connectivity index is 1.73. The molecule has 4 heteroatoms. The molecule has 1 aliphatic rings. The van der Waals surface area contributed by atoms with Crippen molar-refractivity contribution < 1.29 is 10.2 Å². The Morgan fingerprint density at radius 1 is 1.28 bits per heavy atom. The lowest BCUT2D eigenvalue weighted by Crippen LogP contribution is -2.41. The minimum Gasteiger partial charge on any atom is -0.389 e. The standard InChI is InChI=1S/C14H23NO2S/c16-13(12-5-8-18-10-12)9-15-11-14(17)6-3-1-2-4-7-14/h5,8,10,13,15-17H,1-4,6-7,9,11H2. The SMILES string of the molecule is OC(CNCC1(O)CCCCCC1)c1ccsc1. The van der Waals surface area contributed by atoms with Crippen LogP contribution in [0.25, 0.3) is 0 Å². The summed E-state index contributed by atoms with van der Waals surface area (Å²) in [6.45, 7) is 1.10. The van der Waals surface area contributed by atoms with Crippen molar-refractivity contribution in [1.82, 2.24) is 5.32 Å². The third-order valence-corrected chi connectivity index (χ3v) is 4.46. The Morgan fingerprint density at radius 2 is 2.00 bits per heavy atom. The van der Waals surface area contributed by atoms with E-state index in [2.05, 4.69) is 5.32 Å². The molecule has 1 atom stereocenters. The molecule has 1 aromatic heterocycles. The molecule has 3 nitrogen and oxygen atoms in total. The number of aliphatic hydroxyl groups is 2. The zero-order chi connectivity index (χ0) is 12.8. The minimum absolute atomic E-state index is 0.467. The molecule has 102 valence electrons. The largest absolute Gasteiger partial charge is 0.389 e. The van der Waals surface area contributed by atoms with Crippen molar-refractivity contribution >= 4 is 11.3 Å². The molecule has 0 radical (unpaired) electrons. The van der Waals surface area contributed by atoms with Gasteiger partial charge in [0.05, 0.1) is 11.7 Å². The summed E-state index contributed by atoms with van der Waals surface area (Å²) >= 11 is 1.59. The lowest BCUT2D eigenvalue weighted by molar-refractivity contribution is 0.0224. The molecule has 1 unspecified atom stereocenters. The number of nitrogens with one attached hydrogen (secondary N) is 1. The van der Waals surface area contributed by atoms with Gasteiger partial charge in [-0.1, -0.05) is 25.7 Å². The van der Waals surface area contributed by atoms with Gasteiger partial charge < -0.3 is 15.5 Å². The van der Waals surface area contributed by atoms with Gasteiger partial charge in [-0.3, -0.25) is 0 Å². The fraction of sp³-hybridized carbons (Fsp3) is 0.714. The maximum Gasteiger partial charge on any atom is 0.0922 e. The fourth-order valence-electron chi connectivity index (χ4n) is 2.59. The van der Waals surface area contributed by atoms with Crippen molar-refractivity contribution in [3.63, 3.8) is 0 Å². The van der Waals surface area contributed by atoms with E-state index < -0.39 is 11.7 Å². The molecule has 0 amide bonds. The van der Waals surface area contributed by atoms with Crippen molar-refractivity contribution in [2.75, 3.05) is 13.1 Å². The Kier molecular flexibility index (Phi) is 5.18. The topological polar surface area (TPSA) is 52.5 Å². The molecule has 1 aromatic rings. The number of aliphatic hydroxyl groups excluding tert-OH is 1. The van der Waals surface area contributed by atoms with Crippen LogP contribution in [0.4, 0.5) is 0 Å². The lowest BCUT2D eigenvalue weighted by atomic mass is 9.94. The molecule has 1 saturated carbocycles. The van der Waals surface area contributed by atoms with Gasteiger partial charge in [-0.15, -0.1) is 0 Å². The van der Waals surface area contributed by atoms with Gasteiger partial charge in [0.25, 0.3) is 0 Å². The van der Waals surface area contributed by atoms with Gasteiger partial charge in [-0.05, 0) is 35.2 Å². The van der Waals surface area contributed by atoms with Gasteiger partial charge in [0, 0.05) is 13.1 Å². The minimum atomic E-state index is -0.565. The predicted molar refractivity (Wildman–Crippen MR) is 74.8 cm³/mol. The van der Waals surface area contributed by atoms with Gasteiger partial charge in [-0.2, -0.15) is 11.3 Å². The summed E-state index contributed by atoms with van der Waals surface area (Å²) in [5.41, 5.74) is 0.394. The summed E-state index contributed by atoms with van der Waals surface area (Å²) in [6, 6.07) is 1.94. The van der Waals surface area contributed by atoms with Crippen LogP contribution in [0, 0.1) is 0 Å². The first-order valence-corrected chi connectivity index (χ1v) is 7.77. The van der Waals surface area contributed by atoms with Crippen molar-refractivity contribution in [3.05, 3.63) is 22.4 Å². The van der Waals surface area contributed by atoms with Crippen LogP contribution in [0.5, 0.6) is 0 Å². The molecule has 1 aliphatic carbocycles. The highest BCUT2D eigenvalue weighted by Gasteiger charge is 2.27. The molecule has 0 bridgehead atoms. The third-order valence-electron chi connectivity index (χ3n) is 3.75. The van der Waals surface area contributed by atoms with E-state index in [1.165, 1.54) is 12.8 Å². The monoisotopic (exact) mass is 269 g/mol. The van der Waals surface area contributed by atoms with E-state index in [4.69, 9.17) is 0 Å². The van der Waals surface area contributed by atoms with Crippen LogP contribution in [-0.4, -0.2) is 28.9 Å². The zero-order valence-electron chi connectivity index (χ0n) is 10.8. The summed E-state index contributed by atoms with van der Waals surface area (Å²) in [7, 11) is 0. The van der Waals surface area contributed by atoms with E-state index in [9.17, 15) is 10.2 Å². The van der Waals surface area contributed by atoms with Gasteiger partial charge >= 0.3 is 0 Å². The van der Waals surface area contributed by atoms with Crippen LogP contribution in [0.15, 0.2) is 16.8 Å². The first-order chi connectivity index (χ1) is 8.70. The van der Waals surface area contributed by atoms with Crippen LogP contribution in [0.2, 0.25) is 0 Å². The molecule has 1 fully saturated rings. The van der Waals surface area contributed by atoms with Crippen LogP contribution in [-0.2, 0) is 0 Å². The summed E-state index contributed by atoms with van der Waals surface area (Å²) in [5.74, 6) is 0. The predicted octanol–water partition coefficient (Wildman–Crippen LogP) is 2.46. The molecule has 2 rings (SSSR count). The summed E-state index contributed by atoms with van der Waals surface area (Å²) in [5, 5.41) is 27.5. The molecular weight excluding hydrogens is 246 g/mol. The molecule has 0 spiro atoms. The van der Waals surface area contributed by atoms with E-state index in [0.717, 1.165) is 31.2 Å². The number of thiophene rings is 1. The first-order valence-electron chi connectivity index (χ1n) is 6.83. The molecule has 3 N–H and O–H groups in total. The second-order valence-corrected chi connectivity index (χ2v) is 6.12. The molecule has 0 aliphatic heterocycles. The van der Waals surface area contributed by atoms with Crippen LogP contribution >= 0.6 is 11.3 Å². The van der Waals surface area contributed by atoms with Crippen molar-refractivity contribution in [3.8, 4) is 0 Å². The Hall–Kier alpha value is -0.420. The van der Waals surface area contributed by atoms with Gasteiger partial charge in [-0.25, -0.2) is 0 Å². The maximum atomic E-state index is 10.5. The van der Waals surface area contributed by atoms with Gasteiger partial charge in [0.2, 0.25) is 0 Å². The second kappa shape index (κ2) is 6.66. The number of rotatable bonds is 5. The van der Waals surface area contributed by atoms with E-state index in [1.54, 1.807) is 11.3 Å². The Labute approximate surface area is 113 Å².